The highest BCUT2D eigenvalue weighted by molar-refractivity contribution is 5.72. The van der Waals surface area contributed by atoms with Gasteiger partial charge in [-0.1, -0.05) is 131 Å². The molecule has 0 radical (unpaired) electrons. The molecule has 8 nitrogen and oxygen atoms in total. The van der Waals surface area contributed by atoms with Crippen molar-refractivity contribution < 1.29 is 38.2 Å². The fraction of sp³-hybridized carbons (Fsp3) is 0.605. The van der Waals surface area contributed by atoms with E-state index < -0.39 is 24.1 Å². The molecule has 0 amide bonds. The van der Waals surface area contributed by atoms with Crippen molar-refractivity contribution in [3.05, 3.63) is 85.1 Å². The van der Waals surface area contributed by atoms with Gasteiger partial charge in [-0.25, -0.2) is 4.79 Å². The van der Waals surface area contributed by atoms with Crippen LogP contribution in [0.25, 0.3) is 0 Å². The number of carbonyl (C=O) groups is 3. The number of rotatable bonds is 32. The van der Waals surface area contributed by atoms with E-state index in [1.165, 1.54) is 19.3 Å². The molecule has 0 aromatic heterocycles. The first-order chi connectivity index (χ1) is 24.6. The number of aliphatic carboxylic acids is 1. The summed E-state index contributed by atoms with van der Waals surface area (Å²) in [5, 5.41) is 9.57. The van der Waals surface area contributed by atoms with Gasteiger partial charge in [0.15, 0.2) is 12.1 Å². The van der Waals surface area contributed by atoms with Crippen LogP contribution in [0.15, 0.2) is 85.1 Å². The lowest BCUT2D eigenvalue weighted by Crippen LogP contribution is -2.50. The van der Waals surface area contributed by atoms with Crippen molar-refractivity contribution in [1.29, 1.82) is 0 Å². The fourth-order valence-corrected chi connectivity index (χ4v) is 4.93. The van der Waals surface area contributed by atoms with Crippen LogP contribution in [-0.4, -0.2) is 80.6 Å². The number of likely N-dealkylation sites (N-methyl/N-ethyl adjacent to an activating group) is 1. The SMILES string of the molecule is CC/C=C/C/C=C/C/C=C/CC(=O)OC(COCCC(C(=O)O)[N+](C)(C)C)COC(=O)CCCCCCC/C=C/C=C/C=C/C=C/CCCCC. The van der Waals surface area contributed by atoms with Gasteiger partial charge in [-0.05, 0) is 51.4 Å². The normalized spacial score (nSPS) is 14.0. The first-order valence-electron chi connectivity index (χ1n) is 19.2. The van der Waals surface area contributed by atoms with E-state index in [9.17, 15) is 19.5 Å². The Morgan fingerprint density at radius 2 is 1.22 bits per heavy atom. The van der Waals surface area contributed by atoms with E-state index >= 15 is 0 Å². The molecule has 0 aromatic rings. The second kappa shape index (κ2) is 33.6. The number of carboxylic acid groups (broad SMARTS) is 1. The maximum Gasteiger partial charge on any atom is 0.362 e. The lowest BCUT2D eigenvalue weighted by Gasteiger charge is -2.31. The van der Waals surface area contributed by atoms with Crippen LogP contribution in [-0.2, 0) is 28.6 Å². The zero-order valence-corrected chi connectivity index (χ0v) is 32.5. The van der Waals surface area contributed by atoms with E-state index in [2.05, 4.69) is 68.5 Å². The highest BCUT2D eigenvalue weighted by Crippen LogP contribution is 2.11. The molecule has 0 fully saturated rings. The number of esters is 2. The fourth-order valence-electron chi connectivity index (χ4n) is 4.93. The lowest BCUT2D eigenvalue weighted by atomic mass is 10.1. The van der Waals surface area contributed by atoms with Crippen LogP contribution >= 0.6 is 0 Å². The monoisotopic (exact) mass is 713 g/mol. The number of hydrogen-bond donors (Lipinski definition) is 1. The van der Waals surface area contributed by atoms with Crippen molar-refractivity contribution in [1.82, 2.24) is 0 Å². The van der Waals surface area contributed by atoms with E-state index in [4.69, 9.17) is 14.2 Å². The van der Waals surface area contributed by atoms with Gasteiger partial charge in [0.25, 0.3) is 0 Å². The molecule has 0 aromatic carbocycles. The number of carboxylic acids is 1. The summed E-state index contributed by atoms with van der Waals surface area (Å²) in [6, 6.07) is -0.635. The van der Waals surface area contributed by atoms with E-state index in [1.807, 2.05) is 45.4 Å². The Hall–Kier alpha value is -3.49. The highest BCUT2D eigenvalue weighted by Gasteiger charge is 2.31. The van der Waals surface area contributed by atoms with Crippen LogP contribution < -0.4 is 0 Å². The smallest absolute Gasteiger partial charge is 0.362 e. The minimum absolute atomic E-state index is 0.0116. The Labute approximate surface area is 310 Å². The molecule has 0 heterocycles. The summed E-state index contributed by atoms with van der Waals surface area (Å²) in [5.41, 5.74) is 0. The summed E-state index contributed by atoms with van der Waals surface area (Å²) in [7, 11) is 5.46. The zero-order chi connectivity index (χ0) is 37.8. The average Bonchev–Trinajstić information content (AvgIpc) is 3.08. The summed E-state index contributed by atoms with van der Waals surface area (Å²) in [4.78, 5) is 36.7. The summed E-state index contributed by atoms with van der Waals surface area (Å²) < 4.78 is 17.0. The Bertz CT molecular complexity index is 1110. The number of hydrogen-bond acceptors (Lipinski definition) is 6. The second-order valence-electron chi connectivity index (χ2n) is 13.6. The second-order valence-corrected chi connectivity index (χ2v) is 13.6. The minimum Gasteiger partial charge on any atom is -0.477 e. The largest absolute Gasteiger partial charge is 0.477 e. The third-order valence-corrected chi connectivity index (χ3v) is 7.91. The molecule has 0 aliphatic rings. The van der Waals surface area contributed by atoms with Crippen molar-refractivity contribution >= 4 is 17.9 Å². The van der Waals surface area contributed by atoms with Crippen LogP contribution in [0.1, 0.15) is 117 Å². The number of ether oxygens (including phenoxy) is 3. The summed E-state index contributed by atoms with van der Waals surface area (Å²) in [5.74, 6) is -1.67. The van der Waals surface area contributed by atoms with Gasteiger partial charge >= 0.3 is 17.9 Å². The Morgan fingerprint density at radius 1 is 0.647 bits per heavy atom. The summed E-state index contributed by atoms with van der Waals surface area (Å²) in [6.07, 6.45) is 42.4. The van der Waals surface area contributed by atoms with Crippen molar-refractivity contribution in [2.24, 2.45) is 0 Å². The first kappa shape index (κ1) is 47.5. The predicted octanol–water partition coefficient (Wildman–Crippen LogP) is 9.79. The number of nitrogens with zero attached hydrogens (tertiary/aromatic N) is 1. The number of unbranched alkanes of at least 4 members (excludes halogenated alkanes) is 8. The summed E-state index contributed by atoms with van der Waals surface area (Å²) in [6.45, 7) is 4.40. The molecule has 0 bridgehead atoms. The van der Waals surface area contributed by atoms with E-state index in [-0.39, 0.29) is 36.7 Å². The van der Waals surface area contributed by atoms with Crippen LogP contribution in [0.4, 0.5) is 0 Å². The Balaban J connectivity index is 4.50. The molecule has 2 unspecified atom stereocenters. The molecule has 0 saturated heterocycles. The molecular weight excluding hydrogens is 642 g/mol. The van der Waals surface area contributed by atoms with Crippen LogP contribution in [0.3, 0.4) is 0 Å². The average molecular weight is 713 g/mol. The molecule has 1 N–H and O–H groups in total. The Kier molecular flexibility index (Phi) is 31.3. The number of allylic oxidation sites excluding steroid dienone is 13. The van der Waals surface area contributed by atoms with Crippen molar-refractivity contribution in [2.45, 2.75) is 129 Å². The van der Waals surface area contributed by atoms with E-state index in [0.717, 1.165) is 64.2 Å². The maximum atomic E-state index is 12.5. The molecule has 8 heteroatoms. The predicted molar refractivity (Wildman–Crippen MR) is 210 cm³/mol. The molecule has 0 aliphatic heterocycles. The van der Waals surface area contributed by atoms with Gasteiger partial charge in [-0.15, -0.1) is 0 Å². The standard InChI is InChI=1S/C43H69NO7/c1-6-8-10-12-14-16-17-18-19-20-21-22-23-24-26-27-29-31-33-41(45)50-38-39(37-49-36-35-40(43(47)48)44(3,4)5)51-42(46)34-32-30-28-25-15-13-11-9-7-2/h9,11,14-22,25,30,32,39-40H,6-8,10,12-13,23-24,26-29,31,33-38H2,1-5H3/p+1/b11-9+,16-14+,18-17+,20-19+,22-21+,25-15+,32-30+. The van der Waals surface area contributed by atoms with Crippen molar-refractivity contribution in [2.75, 3.05) is 41.0 Å². The number of carbonyl (C=O) groups excluding carboxylic acids is 2. The minimum atomic E-state index is -0.896. The number of quaternary nitrogens is 1. The van der Waals surface area contributed by atoms with Crippen molar-refractivity contribution in [3.8, 4) is 0 Å². The molecule has 51 heavy (non-hydrogen) atoms. The quantitative estimate of drug-likeness (QED) is 0.0244. The van der Waals surface area contributed by atoms with Gasteiger partial charge in [-0.3, -0.25) is 9.59 Å². The topological polar surface area (TPSA) is 99.1 Å². The highest BCUT2D eigenvalue weighted by atomic mass is 16.6. The third kappa shape index (κ3) is 32.2. The first-order valence-corrected chi connectivity index (χ1v) is 19.2. The maximum absolute atomic E-state index is 12.5. The van der Waals surface area contributed by atoms with Crippen LogP contribution in [0.5, 0.6) is 0 Å². The molecule has 0 spiro atoms. The molecule has 0 saturated carbocycles. The van der Waals surface area contributed by atoms with Crippen molar-refractivity contribution in [3.63, 3.8) is 0 Å². The van der Waals surface area contributed by atoms with Gasteiger partial charge in [-0.2, -0.15) is 0 Å². The lowest BCUT2D eigenvalue weighted by molar-refractivity contribution is -0.887. The van der Waals surface area contributed by atoms with Gasteiger partial charge in [0.05, 0.1) is 40.8 Å². The van der Waals surface area contributed by atoms with E-state index in [1.54, 1.807) is 6.08 Å². The summed E-state index contributed by atoms with van der Waals surface area (Å²) >= 11 is 0. The van der Waals surface area contributed by atoms with Crippen LogP contribution in [0.2, 0.25) is 0 Å². The van der Waals surface area contributed by atoms with E-state index in [0.29, 0.717) is 12.8 Å². The van der Waals surface area contributed by atoms with Gasteiger partial charge < -0.3 is 23.8 Å². The molecule has 0 rings (SSSR count). The van der Waals surface area contributed by atoms with Gasteiger partial charge in [0.1, 0.15) is 6.61 Å². The molecule has 0 aliphatic carbocycles. The molecule has 2 atom stereocenters. The zero-order valence-electron chi connectivity index (χ0n) is 32.5. The van der Waals surface area contributed by atoms with Crippen LogP contribution in [0, 0.1) is 0 Å². The Morgan fingerprint density at radius 3 is 1.82 bits per heavy atom. The third-order valence-electron chi connectivity index (χ3n) is 7.91. The van der Waals surface area contributed by atoms with Gasteiger partial charge in [0.2, 0.25) is 0 Å². The molecular formula is C43H70NO7+. The van der Waals surface area contributed by atoms with Gasteiger partial charge in [0, 0.05) is 12.8 Å². The molecule has 288 valence electrons.